The second kappa shape index (κ2) is 6.71. The molecule has 132 valence electrons. The van der Waals surface area contributed by atoms with Gasteiger partial charge in [0.25, 0.3) is 0 Å². The molecule has 1 spiro atoms. The first kappa shape index (κ1) is 16.4. The Balaban J connectivity index is 1.40. The molecule has 1 amide bonds. The fourth-order valence-electron chi connectivity index (χ4n) is 4.99. The minimum atomic E-state index is -0.0967. The van der Waals surface area contributed by atoms with Gasteiger partial charge in [-0.1, -0.05) is 19.3 Å². The van der Waals surface area contributed by atoms with Crippen molar-refractivity contribution in [1.82, 2.24) is 4.90 Å². The van der Waals surface area contributed by atoms with Crippen molar-refractivity contribution in [3.63, 3.8) is 0 Å². The number of carbonyl (C=O) groups excluding carboxylic acids is 1. The van der Waals surface area contributed by atoms with Crippen LogP contribution < -0.4 is 4.90 Å². The Labute approximate surface area is 150 Å². The van der Waals surface area contributed by atoms with Crippen molar-refractivity contribution in [3.8, 4) is 6.07 Å². The summed E-state index contributed by atoms with van der Waals surface area (Å²) in [7, 11) is 0. The minimum absolute atomic E-state index is 0.0967. The molecule has 0 unspecified atom stereocenters. The monoisotopic (exact) mass is 337 g/mol. The summed E-state index contributed by atoms with van der Waals surface area (Å²) in [4.78, 5) is 17.8. The average molecular weight is 337 g/mol. The van der Waals surface area contributed by atoms with Crippen molar-refractivity contribution in [2.75, 3.05) is 24.5 Å². The Hall–Kier alpha value is -2.02. The largest absolute Gasteiger partial charge is 0.371 e. The highest BCUT2D eigenvalue weighted by Crippen LogP contribution is 2.44. The highest BCUT2D eigenvalue weighted by molar-refractivity contribution is 5.85. The van der Waals surface area contributed by atoms with E-state index < -0.39 is 0 Å². The Morgan fingerprint density at radius 1 is 0.960 bits per heavy atom. The van der Waals surface area contributed by atoms with E-state index in [1.165, 1.54) is 37.8 Å². The van der Waals surface area contributed by atoms with Crippen molar-refractivity contribution in [1.29, 1.82) is 5.26 Å². The SMILES string of the molecule is N#Cc1ccc(N2CCC3(CC2)CCN(C2CCCCC2)C3=O)cc1. The second-order valence-electron chi connectivity index (χ2n) is 7.97. The molecule has 1 aromatic carbocycles. The summed E-state index contributed by atoms with van der Waals surface area (Å²) < 4.78 is 0. The lowest BCUT2D eigenvalue weighted by atomic mass is 9.77. The van der Waals surface area contributed by atoms with Crippen molar-refractivity contribution in [2.45, 2.75) is 57.4 Å². The van der Waals surface area contributed by atoms with Crippen LogP contribution in [0, 0.1) is 16.7 Å². The number of amides is 1. The Bertz CT molecular complexity index is 661. The summed E-state index contributed by atoms with van der Waals surface area (Å²) in [5.41, 5.74) is 1.77. The van der Waals surface area contributed by atoms with Crippen LogP contribution in [0.1, 0.15) is 56.9 Å². The molecule has 1 aromatic rings. The van der Waals surface area contributed by atoms with Gasteiger partial charge in [0.1, 0.15) is 0 Å². The molecule has 4 rings (SSSR count). The van der Waals surface area contributed by atoms with E-state index in [1.807, 2.05) is 24.3 Å². The summed E-state index contributed by atoms with van der Waals surface area (Å²) in [6, 6.07) is 10.5. The van der Waals surface area contributed by atoms with Crippen LogP contribution in [0.2, 0.25) is 0 Å². The van der Waals surface area contributed by atoms with E-state index >= 15 is 0 Å². The maximum Gasteiger partial charge on any atom is 0.229 e. The zero-order valence-corrected chi connectivity index (χ0v) is 14.9. The number of nitriles is 1. The highest BCUT2D eigenvalue weighted by atomic mass is 16.2. The number of hydrogen-bond donors (Lipinski definition) is 0. The van der Waals surface area contributed by atoms with Gasteiger partial charge in [-0.15, -0.1) is 0 Å². The van der Waals surface area contributed by atoms with Crippen LogP contribution in [0.5, 0.6) is 0 Å². The predicted octanol–water partition coefficient (Wildman–Crippen LogP) is 3.71. The van der Waals surface area contributed by atoms with Crippen LogP contribution in [-0.2, 0) is 4.79 Å². The summed E-state index contributed by atoms with van der Waals surface area (Å²) in [6.07, 6.45) is 9.30. The van der Waals surface area contributed by atoms with Gasteiger partial charge in [0, 0.05) is 31.4 Å². The van der Waals surface area contributed by atoms with Gasteiger partial charge in [-0.05, 0) is 56.4 Å². The van der Waals surface area contributed by atoms with Gasteiger partial charge in [-0.25, -0.2) is 0 Å². The van der Waals surface area contributed by atoms with Crippen LogP contribution in [0.3, 0.4) is 0 Å². The van der Waals surface area contributed by atoms with Gasteiger partial charge in [0.2, 0.25) is 5.91 Å². The maximum atomic E-state index is 13.2. The molecule has 2 aliphatic heterocycles. The van der Waals surface area contributed by atoms with Gasteiger partial charge in [-0.3, -0.25) is 4.79 Å². The predicted molar refractivity (Wildman–Crippen MR) is 98.2 cm³/mol. The fourth-order valence-corrected chi connectivity index (χ4v) is 4.99. The van der Waals surface area contributed by atoms with Crippen LogP contribution in [0.4, 0.5) is 5.69 Å². The van der Waals surface area contributed by atoms with Gasteiger partial charge >= 0.3 is 0 Å². The van der Waals surface area contributed by atoms with Crippen molar-refractivity contribution in [2.24, 2.45) is 5.41 Å². The highest BCUT2D eigenvalue weighted by Gasteiger charge is 2.49. The summed E-state index contributed by atoms with van der Waals surface area (Å²) >= 11 is 0. The summed E-state index contributed by atoms with van der Waals surface area (Å²) in [6.45, 7) is 2.85. The standard InChI is InChI=1S/C21H27N3O/c22-16-17-6-8-18(9-7-17)23-13-10-21(11-14-23)12-15-24(20(21)25)19-4-2-1-3-5-19/h6-9,19H,1-5,10-15H2. The Morgan fingerprint density at radius 2 is 1.60 bits per heavy atom. The molecular formula is C21H27N3O. The van der Waals surface area contributed by atoms with E-state index in [-0.39, 0.29) is 5.41 Å². The Kier molecular flexibility index (Phi) is 4.41. The van der Waals surface area contributed by atoms with Gasteiger partial charge in [-0.2, -0.15) is 5.26 Å². The molecule has 2 heterocycles. The van der Waals surface area contributed by atoms with E-state index in [4.69, 9.17) is 5.26 Å². The molecule has 3 aliphatic rings. The number of benzene rings is 1. The second-order valence-corrected chi connectivity index (χ2v) is 7.97. The molecule has 1 aliphatic carbocycles. The average Bonchev–Trinajstić information content (AvgIpc) is 2.99. The van der Waals surface area contributed by atoms with Crippen molar-refractivity contribution in [3.05, 3.63) is 29.8 Å². The Morgan fingerprint density at radius 3 is 2.24 bits per heavy atom. The summed E-state index contributed by atoms with van der Waals surface area (Å²) in [5.74, 6) is 0.443. The molecule has 1 saturated carbocycles. The van der Waals surface area contributed by atoms with E-state index in [9.17, 15) is 4.79 Å². The first-order chi connectivity index (χ1) is 12.2. The van der Waals surface area contributed by atoms with Crippen molar-refractivity contribution >= 4 is 11.6 Å². The van der Waals surface area contributed by atoms with Gasteiger partial charge < -0.3 is 9.80 Å². The quantitative estimate of drug-likeness (QED) is 0.826. The number of carbonyl (C=O) groups is 1. The third kappa shape index (κ3) is 3.01. The van der Waals surface area contributed by atoms with E-state index in [0.717, 1.165) is 38.9 Å². The number of nitrogens with zero attached hydrogens (tertiary/aromatic N) is 3. The fraction of sp³-hybridized carbons (Fsp3) is 0.619. The number of hydrogen-bond acceptors (Lipinski definition) is 3. The molecule has 4 nitrogen and oxygen atoms in total. The van der Waals surface area contributed by atoms with E-state index in [2.05, 4.69) is 15.9 Å². The van der Waals surface area contributed by atoms with Crippen molar-refractivity contribution < 1.29 is 4.79 Å². The molecule has 3 fully saturated rings. The van der Waals surface area contributed by atoms with Crippen LogP contribution >= 0.6 is 0 Å². The molecule has 2 saturated heterocycles. The third-order valence-electron chi connectivity index (χ3n) is 6.64. The molecular weight excluding hydrogens is 310 g/mol. The van der Waals surface area contributed by atoms with Crippen LogP contribution in [0.15, 0.2) is 24.3 Å². The molecule has 0 atom stereocenters. The zero-order chi connectivity index (χ0) is 17.3. The number of anilines is 1. The lowest BCUT2D eigenvalue weighted by Gasteiger charge is -2.40. The maximum absolute atomic E-state index is 13.2. The van der Waals surface area contributed by atoms with Gasteiger partial charge in [0.15, 0.2) is 0 Å². The summed E-state index contributed by atoms with van der Waals surface area (Å²) in [5, 5.41) is 8.93. The van der Waals surface area contributed by atoms with Gasteiger partial charge in [0.05, 0.1) is 17.0 Å². The molecule has 0 radical (unpaired) electrons. The number of rotatable bonds is 2. The van der Waals surface area contributed by atoms with Crippen LogP contribution in [0.25, 0.3) is 0 Å². The third-order valence-corrected chi connectivity index (χ3v) is 6.64. The topological polar surface area (TPSA) is 47.3 Å². The van der Waals surface area contributed by atoms with E-state index in [0.29, 0.717) is 17.5 Å². The first-order valence-corrected chi connectivity index (χ1v) is 9.78. The lowest BCUT2D eigenvalue weighted by molar-refractivity contribution is -0.139. The number of likely N-dealkylation sites (tertiary alicyclic amines) is 1. The first-order valence-electron chi connectivity index (χ1n) is 9.78. The van der Waals surface area contributed by atoms with E-state index in [1.54, 1.807) is 0 Å². The number of piperidine rings is 1. The van der Waals surface area contributed by atoms with Crippen LogP contribution in [-0.4, -0.2) is 36.5 Å². The molecule has 25 heavy (non-hydrogen) atoms. The normalized spacial score (nSPS) is 23.9. The smallest absolute Gasteiger partial charge is 0.229 e. The molecule has 0 aromatic heterocycles. The molecule has 0 N–H and O–H groups in total. The minimum Gasteiger partial charge on any atom is -0.371 e. The lowest BCUT2D eigenvalue weighted by Crippen LogP contribution is -2.47. The zero-order valence-electron chi connectivity index (χ0n) is 14.9. The molecule has 0 bridgehead atoms. The molecule has 4 heteroatoms.